The SMILES string of the molecule is O=C1[C@H](Cc2ccc(O)cc2)N2C(=O)CCN(C(=O)CCc3ccccc3)[C@H]2CN1Cc1cccc2ccccc12. The monoisotopic (exact) mass is 547 g/mol. The van der Waals surface area contributed by atoms with Crippen LogP contribution in [0.3, 0.4) is 0 Å². The third kappa shape index (κ3) is 5.53. The molecule has 0 bridgehead atoms. The van der Waals surface area contributed by atoms with Gasteiger partial charge in [-0.05, 0) is 46.0 Å². The summed E-state index contributed by atoms with van der Waals surface area (Å²) in [4.78, 5) is 46.4. The fraction of sp³-hybridized carbons (Fsp3) is 0.265. The predicted molar refractivity (Wildman–Crippen MR) is 157 cm³/mol. The first-order valence-corrected chi connectivity index (χ1v) is 14.2. The molecule has 2 aliphatic rings. The van der Waals surface area contributed by atoms with Crippen molar-refractivity contribution in [3.05, 3.63) is 114 Å². The molecule has 41 heavy (non-hydrogen) atoms. The fourth-order valence-corrected chi connectivity index (χ4v) is 6.15. The van der Waals surface area contributed by atoms with E-state index in [1.807, 2.05) is 59.5 Å². The second kappa shape index (κ2) is 11.5. The van der Waals surface area contributed by atoms with Gasteiger partial charge in [0.05, 0.1) is 6.54 Å². The maximum absolute atomic E-state index is 14.1. The van der Waals surface area contributed by atoms with E-state index in [2.05, 4.69) is 18.2 Å². The first-order chi connectivity index (χ1) is 20.0. The zero-order valence-electron chi connectivity index (χ0n) is 22.9. The number of amides is 3. The molecule has 6 rings (SSSR count). The van der Waals surface area contributed by atoms with E-state index in [-0.39, 0.29) is 36.4 Å². The minimum absolute atomic E-state index is 0.0146. The van der Waals surface area contributed by atoms with E-state index >= 15 is 0 Å². The average molecular weight is 548 g/mol. The fourth-order valence-electron chi connectivity index (χ4n) is 6.15. The lowest BCUT2D eigenvalue weighted by Crippen LogP contribution is -2.71. The molecule has 0 saturated carbocycles. The van der Waals surface area contributed by atoms with E-state index in [0.29, 0.717) is 32.4 Å². The zero-order chi connectivity index (χ0) is 28.3. The maximum Gasteiger partial charge on any atom is 0.246 e. The number of benzene rings is 4. The van der Waals surface area contributed by atoms with Crippen molar-refractivity contribution in [3.63, 3.8) is 0 Å². The van der Waals surface area contributed by atoms with Crippen molar-refractivity contribution in [2.75, 3.05) is 13.1 Å². The van der Waals surface area contributed by atoms with Crippen molar-refractivity contribution in [3.8, 4) is 5.75 Å². The highest BCUT2D eigenvalue weighted by Crippen LogP contribution is 2.30. The highest BCUT2D eigenvalue weighted by molar-refractivity contribution is 5.92. The number of phenolic OH excluding ortho intramolecular Hbond substituents is 1. The van der Waals surface area contributed by atoms with Crippen LogP contribution in [0.4, 0.5) is 0 Å². The van der Waals surface area contributed by atoms with Crippen molar-refractivity contribution in [1.29, 1.82) is 0 Å². The molecule has 4 aromatic carbocycles. The van der Waals surface area contributed by atoms with Gasteiger partial charge in [0.15, 0.2) is 0 Å². The van der Waals surface area contributed by atoms with Crippen LogP contribution in [0.25, 0.3) is 10.8 Å². The summed E-state index contributed by atoms with van der Waals surface area (Å²) in [5.41, 5.74) is 2.96. The van der Waals surface area contributed by atoms with Gasteiger partial charge in [0.1, 0.15) is 18.0 Å². The van der Waals surface area contributed by atoms with Crippen LogP contribution < -0.4 is 0 Å². The van der Waals surface area contributed by atoms with E-state index in [1.165, 1.54) is 0 Å². The Bertz CT molecular complexity index is 1560. The number of hydrogen-bond donors (Lipinski definition) is 1. The predicted octanol–water partition coefficient (Wildman–Crippen LogP) is 4.52. The summed E-state index contributed by atoms with van der Waals surface area (Å²) in [6.45, 7) is 0.990. The second-order valence-electron chi connectivity index (χ2n) is 10.8. The van der Waals surface area contributed by atoms with Crippen LogP contribution >= 0.6 is 0 Å². The molecule has 0 aromatic heterocycles. The number of phenols is 1. The molecule has 7 heteroatoms. The van der Waals surface area contributed by atoms with E-state index in [4.69, 9.17) is 0 Å². The molecule has 0 spiro atoms. The standard InChI is InChI=1S/C34H33N3O4/c38-28-16-13-25(14-17-28)21-30-34(41)35(22-27-11-6-10-26-9-4-5-12-29(26)27)23-31-36(20-19-33(40)37(30)31)32(39)18-15-24-7-2-1-3-8-24/h1-14,16-17,30-31,38H,15,18-23H2/t30-,31+/m0/s1. The largest absolute Gasteiger partial charge is 0.508 e. The molecule has 0 unspecified atom stereocenters. The van der Waals surface area contributed by atoms with Gasteiger partial charge in [0.2, 0.25) is 17.7 Å². The lowest BCUT2D eigenvalue weighted by Gasteiger charge is -2.52. The molecule has 2 fully saturated rings. The lowest BCUT2D eigenvalue weighted by molar-refractivity contribution is -0.174. The van der Waals surface area contributed by atoms with Crippen LogP contribution in [0.15, 0.2) is 97.1 Å². The minimum Gasteiger partial charge on any atom is -0.508 e. The maximum atomic E-state index is 14.1. The summed E-state index contributed by atoms with van der Waals surface area (Å²) in [6.07, 6.45) is 0.916. The summed E-state index contributed by atoms with van der Waals surface area (Å²) in [7, 11) is 0. The number of aromatic hydroxyl groups is 1. The van der Waals surface area contributed by atoms with Gasteiger partial charge in [0.25, 0.3) is 0 Å². The van der Waals surface area contributed by atoms with Crippen LogP contribution in [0.5, 0.6) is 5.75 Å². The molecule has 2 aliphatic heterocycles. The summed E-state index contributed by atoms with van der Waals surface area (Å²) in [6, 6.07) is 30.1. The van der Waals surface area contributed by atoms with Gasteiger partial charge in [-0.1, -0.05) is 84.9 Å². The molecule has 3 amide bonds. The topological polar surface area (TPSA) is 81.2 Å². The van der Waals surface area contributed by atoms with Gasteiger partial charge in [-0.25, -0.2) is 0 Å². The molecule has 2 saturated heterocycles. The normalized spacial score (nSPS) is 19.0. The number of fused-ring (bicyclic) bond motifs is 2. The Hall–Kier alpha value is -4.65. The second-order valence-corrected chi connectivity index (χ2v) is 10.8. The Labute approximate surface area is 239 Å². The molecule has 7 nitrogen and oxygen atoms in total. The summed E-state index contributed by atoms with van der Waals surface area (Å²) in [5.74, 6) is -0.110. The van der Waals surface area contributed by atoms with Crippen molar-refractivity contribution in [2.45, 2.75) is 44.4 Å². The number of aryl methyl sites for hydroxylation is 1. The number of carbonyl (C=O) groups is 3. The summed E-state index contributed by atoms with van der Waals surface area (Å²) < 4.78 is 0. The summed E-state index contributed by atoms with van der Waals surface area (Å²) >= 11 is 0. The third-order valence-electron chi connectivity index (χ3n) is 8.25. The number of piperazine rings is 1. The Morgan fingerprint density at radius 2 is 1.56 bits per heavy atom. The van der Waals surface area contributed by atoms with Gasteiger partial charge in [-0.3, -0.25) is 14.4 Å². The van der Waals surface area contributed by atoms with Gasteiger partial charge >= 0.3 is 0 Å². The smallest absolute Gasteiger partial charge is 0.246 e. The molecule has 4 aromatic rings. The van der Waals surface area contributed by atoms with Crippen molar-refractivity contribution in [2.24, 2.45) is 0 Å². The van der Waals surface area contributed by atoms with E-state index in [0.717, 1.165) is 27.5 Å². The average Bonchev–Trinajstić information content (AvgIpc) is 3.00. The first kappa shape index (κ1) is 26.6. The Morgan fingerprint density at radius 3 is 2.37 bits per heavy atom. The quantitative estimate of drug-likeness (QED) is 0.369. The number of nitrogens with zero attached hydrogens (tertiary/aromatic N) is 3. The highest BCUT2D eigenvalue weighted by atomic mass is 16.3. The molecule has 1 N–H and O–H groups in total. The minimum atomic E-state index is -0.745. The molecule has 0 radical (unpaired) electrons. The molecular formula is C34H33N3O4. The molecule has 208 valence electrons. The summed E-state index contributed by atoms with van der Waals surface area (Å²) in [5, 5.41) is 12.0. The van der Waals surface area contributed by atoms with Crippen molar-refractivity contribution >= 4 is 28.5 Å². The molecule has 2 atom stereocenters. The van der Waals surface area contributed by atoms with Crippen molar-refractivity contribution < 1.29 is 19.5 Å². The Kier molecular flexibility index (Phi) is 7.42. The van der Waals surface area contributed by atoms with Gasteiger partial charge in [-0.15, -0.1) is 0 Å². The van der Waals surface area contributed by atoms with E-state index < -0.39 is 12.2 Å². The van der Waals surface area contributed by atoms with Crippen LogP contribution in [0.2, 0.25) is 0 Å². The van der Waals surface area contributed by atoms with E-state index in [9.17, 15) is 19.5 Å². The molecular weight excluding hydrogens is 514 g/mol. The van der Waals surface area contributed by atoms with Gasteiger partial charge in [0, 0.05) is 32.4 Å². The third-order valence-corrected chi connectivity index (χ3v) is 8.25. The van der Waals surface area contributed by atoms with Gasteiger partial charge in [-0.2, -0.15) is 0 Å². The van der Waals surface area contributed by atoms with Crippen LogP contribution in [-0.4, -0.2) is 62.8 Å². The van der Waals surface area contributed by atoms with E-state index in [1.54, 1.807) is 34.1 Å². The zero-order valence-corrected chi connectivity index (χ0v) is 22.9. The Morgan fingerprint density at radius 1 is 0.829 bits per heavy atom. The highest BCUT2D eigenvalue weighted by Gasteiger charge is 2.48. The molecule has 0 aliphatic carbocycles. The Balaban J connectivity index is 1.32. The first-order valence-electron chi connectivity index (χ1n) is 14.2. The van der Waals surface area contributed by atoms with Crippen LogP contribution in [0, 0.1) is 0 Å². The lowest BCUT2D eigenvalue weighted by atomic mass is 9.96. The molecule has 2 heterocycles. The number of hydrogen-bond acceptors (Lipinski definition) is 4. The van der Waals surface area contributed by atoms with Crippen LogP contribution in [-0.2, 0) is 33.8 Å². The van der Waals surface area contributed by atoms with Crippen molar-refractivity contribution in [1.82, 2.24) is 14.7 Å². The van der Waals surface area contributed by atoms with Crippen LogP contribution in [0.1, 0.15) is 29.5 Å². The number of rotatable bonds is 7. The van der Waals surface area contributed by atoms with Gasteiger partial charge < -0.3 is 19.8 Å². The number of carbonyl (C=O) groups excluding carboxylic acids is 3.